The van der Waals surface area contributed by atoms with Crippen LogP contribution < -0.4 is 25.4 Å². The van der Waals surface area contributed by atoms with Crippen molar-refractivity contribution >= 4 is 67.8 Å². The molecular formula is C32H28FN7O8S. The number of benzene rings is 3. The normalized spacial score (nSPS) is 18.1. The number of phenols is 1. The Morgan fingerprint density at radius 2 is 1.80 bits per heavy atom. The average Bonchev–Trinajstić information content (AvgIpc) is 3.46. The molecule has 0 radical (unpaired) electrons. The van der Waals surface area contributed by atoms with Gasteiger partial charge in [-0.05, 0) is 70.8 Å². The van der Waals surface area contributed by atoms with Crippen LogP contribution in [0.1, 0.15) is 24.6 Å². The van der Waals surface area contributed by atoms with Crippen molar-refractivity contribution in [2.24, 2.45) is 7.05 Å². The van der Waals surface area contributed by atoms with Gasteiger partial charge in [-0.1, -0.05) is 12.1 Å². The van der Waals surface area contributed by atoms with Crippen molar-refractivity contribution in [3.63, 3.8) is 0 Å². The van der Waals surface area contributed by atoms with Gasteiger partial charge in [0, 0.05) is 42.0 Å². The SMILES string of the molecule is Cn1c(=O)n(C2CCC(=O)NC2=O)c2ccc(-c3ccc(CC(=O)Nc4ccc5c(F)c(N6CC(=O)NS6(O)O)c(O)cc5c4)nc3)cc21. The lowest BCUT2D eigenvalue weighted by molar-refractivity contribution is -0.135. The van der Waals surface area contributed by atoms with Gasteiger partial charge in [0.2, 0.25) is 17.7 Å². The van der Waals surface area contributed by atoms with E-state index in [1.54, 1.807) is 43.6 Å². The van der Waals surface area contributed by atoms with Crippen molar-refractivity contribution in [1.29, 1.82) is 0 Å². The molecule has 49 heavy (non-hydrogen) atoms. The number of imidazole rings is 1. The molecule has 1 unspecified atom stereocenters. The van der Waals surface area contributed by atoms with Crippen molar-refractivity contribution < 1.29 is 37.8 Å². The van der Waals surface area contributed by atoms with Gasteiger partial charge < -0.3 is 10.4 Å². The molecule has 0 bridgehead atoms. The maximum absolute atomic E-state index is 15.4. The number of fused-ring (bicyclic) bond motifs is 2. The molecule has 5 aromatic rings. The standard InChI is InChI=1S/C32H28FN7O8S/c1-38-24-11-16(3-7-22(24)40(32(38)46)23-8-9-26(42)36-31(23)45)17-2-4-19(34-14-17)13-27(43)35-20-5-6-21-18(10-20)12-25(41)30(29(21)33)39-15-28(44)37-49(39,47)48/h2-7,10-12,14,23,41,47-48H,8-9,13,15H2,1H3,(H,35,43)(H,37,44)(H,36,42,45). The van der Waals surface area contributed by atoms with Crippen LogP contribution in [-0.4, -0.2) is 58.5 Å². The highest BCUT2D eigenvalue weighted by Crippen LogP contribution is 2.50. The Balaban J connectivity index is 1.06. The van der Waals surface area contributed by atoms with E-state index < -0.39 is 58.5 Å². The number of hydrogen-bond acceptors (Lipinski definition) is 10. The van der Waals surface area contributed by atoms with Gasteiger partial charge in [0.1, 0.15) is 24.0 Å². The van der Waals surface area contributed by atoms with Gasteiger partial charge in [0.25, 0.3) is 5.91 Å². The minimum absolute atomic E-state index is 0.0170. The zero-order valence-corrected chi connectivity index (χ0v) is 26.5. The van der Waals surface area contributed by atoms with Crippen molar-refractivity contribution in [3.8, 4) is 16.9 Å². The number of carbonyl (C=O) groups excluding carboxylic acids is 4. The topological polar surface area (TPSA) is 208 Å². The number of amides is 4. The summed E-state index contributed by atoms with van der Waals surface area (Å²) >= 11 is 0. The molecule has 2 aliphatic rings. The molecule has 0 spiro atoms. The van der Waals surface area contributed by atoms with Gasteiger partial charge in [-0.2, -0.15) is 0 Å². The Labute approximate surface area is 277 Å². The van der Waals surface area contributed by atoms with Crippen LogP contribution in [-0.2, 0) is 32.6 Å². The number of pyridine rings is 1. The van der Waals surface area contributed by atoms with Gasteiger partial charge in [-0.15, -0.1) is 0 Å². The molecule has 6 N–H and O–H groups in total. The molecule has 2 aromatic heterocycles. The molecule has 7 rings (SSSR count). The van der Waals surface area contributed by atoms with Crippen LogP contribution in [0.25, 0.3) is 32.9 Å². The van der Waals surface area contributed by atoms with E-state index in [0.717, 1.165) is 11.1 Å². The average molecular weight is 690 g/mol. The van der Waals surface area contributed by atoms with Crippen LogP contribution >= 0.6 is 11.0 Å². The Morgan fingerprint density at radius 1 is 1.02 bits per heavy atom. The number of nitrogens with one attached hydrogen (secondary N) is 3. The largest absolute Gasteiger partial charge is 0.506 e. The fourth-order valence-corrected chi connectivity index (χ4v) is 7.37. The van der Waals surface area contributed by atoms with Crippen LogP contribution in [0, 0.1) is 5.82 Å². The highest BCUT2D eigenvalue weighted by Gasteiger charge is 2.38. The van der Waals surface area contributed by atoms with Crippen molar-refractivity contribution in [2.45, 2.75) is 25.3 Å². The Morgan fingerprint density at radius 3 is 2.49 bits per heavy atom. The van der Waals surface area contributed by atoms with Gasteiger partial charge in [0.05, 0.1) is 17.5 Å². The molecule has 252 valence electrons. The molecule has 0 saturated carbocycles. The third kappa shape index (κ3) is 5.62. The zero-order valence-electron chi connectivity index (χ0n) is 25.6. The van der Waals surface area contributed by atoms with E-state index in [2.05, 4.69) is 15.6 Å². The minimum Gasteiger partial charge on any atom is -0.506 e. The summed E-state index contributed by atoms with van der Waals surface area (Å²) in [5.74, 6) is -3.63. The number of carbonyl (C=O) groups is 4. The fraction of sp³-hybridized carbons (Fsp3) is 0.188. The van der Waals surface area contributed by atoms with Crippen molar-refractivity contribution in [2.75, 3.05) is 16.2 Å². The van der Waals surface area contributed by atoms with Crippen LogP contribution in [0.15, 0.2) is 65.6 Å². The molecule has 4 heterocycles. The maximum Gasteiger partial charge on any atom is 0.329 e. The predicted octanol–water partition coefficient (Wildman–Crippen LogP) is 3.08. The van der Waals surface area contributed by atoms with E-state index in [1.807, 2.05) is 4.72 Å². The smallest absolute Gasteiger partial charge is 0.329 e. The van der Waals surface area contributed by atoms with Crippen LogP contribution in [0.3, 0.4) is 0 Å². The first-order valence-corrected chi connectivity index (χ1v) is 16.4. The molecule has 1 atom stereocenters. The molecule has 17 heteroatoms. The van der Waals surface area contributed by atoms with Crippen molar-refractivity contribution in [3.05, 3.63) is 82.8 Å². The predicted molar refractivity (Wildman–Crippen MR) is 178 cm³/mol. The van der Waals surface area contributed by atoms with E-state index in [9.17, 15) is 38.2 Å². The number of anilines is 2. The summed E-state index contributed by atoms with van der Waals surface area (Å²) < 4.78 is 41.1. The summed E-state index contributed by atoms with van der Waals surface area (Å²) in [5, 5.41) is 15.8. The van der Waals surface area contributed by atoms with Gasteiger partial charge in [-0.25, -0.2) is 18.2 Å². The Bertz CT molecular complexity index is 2300. The summed E-state index contributed by atoms with van der Waals surface area (Å²) in [4.78, 5) is 66.1. The number of phenolic OH excluding ortho intramolecular Hbond substituents is 1. The summed E-state index contributed by atoms with van der Waals surface area (Å²) in [7, 11) is -2.25. The molecule has 2 aliphatic heterocycles. The number of hydrogen-bond donors (Lipinski definition) is 6. The molecule has 2 saturated heterocycles. The maximum atomic E-state index is 15.4. The van der Waals surface area contributed by atoms with Gasteiger partial charge in [-0.3, -0.25) is 47.7 Å². The Kier molecular flexibility index (Phi) is 7.61. The third-order valence-corrected chi connectivity index (χ3v) is 9.95. The molecule has 15 nitrogen and oxygen atoms in total. The molecule has 0 aliphatic carbocycles. The van der Waals surface area contributed by atoms with Crippen LogP contribution in [0.5, 0.6) is 5.75 Å². The molecule has 3 aromatic carbocycles. The van der Waals surface area contributed by atoms with E-state index in [1.165, 1.54) is 33.4 Å². The number of rotatable bonds is 6. The summed E-state index contributed by atoms with van der Waals surface area (Å²) in [6.45, 7) is -0.557. The van der Waals surface area contributed by atoms with Gasteiger partial charge in [0.15, 0.2) is 5.82 Å². The monoisotopic (exact) mass is 689 g/mol. The van der Waals surface area contributed by atoms with E-state index in [4.69, 9.17) is 0 Å². The van der Waals surface area contributed by atoms with E-state index in [-0.39, 0.29) is 41.6 Å². The lowest BCUT2D eigenvalue weighted by Gasteiger charge is -2.36. The molecule has 2 fully saturated rings. The van der Waals surface area contributed by atoms with Gasteiger partial charge >= 0.3 is 5.69 Å². The van der Waals surface area contributed by atoms with Crippen LogP contribution in [0.4, 0.5) is 15.8 Å². The lowest BCUT2D eigenvalue weighted by atomic mass is 10.0. The number of aromatic hydroxyl groups is 1. The summed E-state index contributed by atoms with van der Waals surface area (Å²) in [6, 6.07) is 13.5. The van der Waals surface area contributed by atoms with Crippen LogP contribution in [0.2, 0.25) is 0 Å². The Hall–Kier alpha value is -5.78. The number of piperidine rings is 1. The number of halogens is 1. The number of imide groups is 1. The second-order valence-electron chi connectivity index (χ2n) is 11.7. The molecular weight excluding hydrogens is 661 g/mol. The lowest BCUT2D eigenvalue weighted by Crippen LogP contribution is -2.44. The highest BCUT2D eigenvalue weighted by atomic mass is 32.3. The fourth-order valence-electron chi connectivity index (χ4n) is 6.16. The zero-order chi connectivity index (χ0) is 34.8. The summed E-state index contributed by atoms with van der Waals surface area (Å²) in [6.07, 6.45) is 1.87. The second-order valence-corrected chi connectivity index (χ2v) is 13.4. The first-order chi connectivity index (χ1) is 23.3. The summed E-state index contributed by atoms with van der Waals surface area (Å²) in [5.41, 5.74) is 2.47. The quantitative estimate of drug-likeness (QED) is 0.144. The second kappa shape index (κ2) is 11.7. The molecule has 4 amide bonds. The first kappa shape index (κ1) is 31.8. The highest BCUT2D eigenvalue weighted by molar-refractivity contribution is 8.24. The first-order valence-electron chi connectivity index (χ1n) is 14.9. The number of aryl methyl sites for hydroxylation is 1. The number of aromatic nitrogens is 3. The van der Waals surface area contributed by atoms with E-state index >= 15 is 4.39 Å². The third-order valence-electron chi connectivity index (χ3n) is 8.52. The van der Waals surface area contributed by atoms with Crippen molar-refractivity contribution in [1.82, 2.24) is 24.2 Å². The number of nitrogens with zero attached hydrogens (tertiary/aromatic N) is 4. The van der Waals surface area contributed by atoms with E-state index in [0.29, 0.717) is 26.7 Å². The minimum atomic E-state index is -3.86.